The van der Waals surface area contributed by atoms with Crippen molar-refractivity contribution in [2.75, 3.05) is 0 Å². The summed E-state index contributed by atoms with van der Waals surface area (Å²) >= 11 is 0. The van der Waals surface area contributed by atoms with Gasteiger partial charge in [-0.1, -0.05) is 124 Å². The van der Waals surface area contributed by atoms with E-state index in [9.17, 15) is 0 Å². The topological polar surface area (TPSA) is 27.9 Å². The van der Waals surface area contributed by atoms with Crippen molar-refractivity contribution in [1.29, 1.82) is 0 Å². The summed E-state index contributed by atoms with van der Waals surface area (Å²) in [4.78, 5) is 0. The highest BCUT2D eigenvalue weighted by Crippen LogP contribution is 2.58. The Kier molecular flexibility index (Phi) is 6.90. The third-order valence-corrected chi connectivity index (χ3v) is 12.8. The number of aromatic nitrogens is 3. The van der Waals surface area contributed by atoms with Crippen molar-refractivity contribution in [2.24, 2.45) is 0 Å². The number of para-hydroxylation sites is 4. The fourth-order valence-electron chi connectivity index (χ4n) is 10.8. The Hall–Kier alpha value is -6.78. The maximum absolute atomic E-state index is 6.62. The Morgan fingerprint density at radius 3 is 1.54 bits per heavy atom. The zero-order valence-electron chi connectivity index (χ0n) is 32.2. The van der Waals surface area contributed by atoms with Gasteiger partial charge in [-0.3, -0.25) is 0 Å². The molecule has 0 saturated carbocycles. The van der Waals surface area contributed by atoms with Crippen LogP contribution in [0.1, 0.15) is 50.7 Å². The van der Waals surface area contributed by atoms with E-state index in [1.807, 2.05) is 0 Å². The first-order valence-electron chi connectivity index (χ1n) is 20.5. The Balaban J connectivity index is 1.12. The molecule has 274 valence electrons. The van der Waals surface area contributed by atoms with Gasteiger partial charge in [-0.25, -0.2) is 0 Å². The molecule has 4 aromatic heterocycles. The van der Waals surface area contributed by atoms with Crippen LogP contribution >= 0.6 is 0 Å². The van der Waals surface area contributed by atoms with E-state index in [0.29, 0.717) is 0 Å². The first kappa shape index (κ1) is 32.5. The van der Waals surface area contributed by atoms with Crippen molar-refractivity contribution >= 4 is 65.7 Å². The zero-order valence-corrected chi connectivity index (χ0v) is 32.2. The molecule has 0 spiro atoms. The minimum absolute atomic E-state index is 0.00384. The lowest BCUT2D eigenvalue weighted by Gasteiger charge is -2.31. The second kappa shape index (κ2) is 12.1. The molecule has 0 atom stereocenters. The van der Waals surface area contributed by atoms with Crippen LogP contribution in [0.25, 0.3) is 94.0 Å². The molecule has 12 rings (SSSR count). The van der Waals surface area contributed by atoms with Gasteiger partial charge in [0.1, 0.15) is 11.2 Å². The van der Waals surface area contributed by atoms with Crippen molar-refractivity contribution in [2.45, 2.75) is 44.9 Å². The Morgan fingerprint density at radius 1 is 0.439 bits per heavy atom. The second-order valence-electron chi connectivity index (χ2n) is 15.9. The lowest BCUT2D eigenvalue weighted by atomic mass is 9.71. The summed E-state index contributed by atoms with van der Waals surface area (Å²) in [5.41, 5.74) is 17.0. The second-order valence-corrected chi connectivity index (χ2v) is 15.9. The van der Waals surface area contributed by atoms with Gasteiger partial charge < -0.3 is 18.1 Å². The van der Waals surface area contributed by atoms with Crippen LogP contribution in [-0.4, -0.2) is 13.7 Å². The van der Waals surface area contributed by atoms with E-state index in [0.717, 1.165) is 64.7 Å². The van der Waals surface area contributed by atoms with Gasteiger partial charge in [0.2, 0.25) is 0 Å². The molecule has 0 fully saturated rings. The molecular formula is C53H41N3O. The molecule has 0 aliphatic heterocycles. The predicted octanol–water partition coefficient (Wildman–Crippen LogP) is 14.4. The number of rotatable bonds is 7. The minimum Gasteiger partial charge on any atom is -0.456 e. The average molecular weight is 736 g/mol. The highest BCUT2D eigenvalue weighted by Gasteiger charge is 2.45. The zero-order chi connectivity index (χ0) is 37.8. The van der Waals surface area contributed by atoms with E-state index in [-0.39, 0.29) is 5.41 Å². The highest BCUT2D eigenvalue weighted by molar-refractivity contribution is 6.20. The summed E-state index contributed by atoms with van der Waals surface area (Å²) in [6, 6.07) is 60.1. The van der Waals surface area contributed by atoms with Crippen LogP contribution in [-0.2, 0) is 5.41 Å². The lowest BCUT2D eigenvalue weighted by molar-refractivity contribution is 0.439. The number of hydrogen-bond donors (Lipinski definition) is 0. The molecule has 0 amide bonds. The monoisotopic (exact) mass is 735 g/mol. The first-order valence-corrected chi connectivity index (χ1v) is 20.5. The average Bonchev–Trinajstić information content (AvgIpc) is 4.04. The molecular weight excluding hydrogens is 695 g/mol. The van der Waals surface area contributed by atoms with Gasteiger partial charge in [-0.2, -0.15) is 0 Å². The van der Waals surface area contributed by atoms with E-state index in [4.69, 9.17) is 4.42 Å². The number of benzene rings is 7. The molecule has 0 unspecified atom stereocenters. The van der Waals surface area contributed by atoms with Crippen LogP contribution in [0.2, 0.25) is 0 Å². The van der Waals surface area contributed by atoms with Crippen molar-refractivity contribution in [1.82, 2.24) is 13.7 Å². The predicted molar refractivity (Wildman–Crippen MR) is 238 cm³/mol. The molecule has 4 nitrogen and oxygen atoms in total. The van der Waals surface area contributed by atoms with Crippen LogP contribution < -0.4 is 0 Å². The number of nitrogens with zero attached hydrogens (tertiary/aromatic N) is 3. The number of furan rings is 1. The summed E-state index contributed by atoms with van der Waals surface area (Å²) < 4.78 is 14.0. The van der Waals surface area contributed by atoms with Gasteiger partial charge >= 0.3 is 0 Å². The molecule has 0 N–H and O–H groups in total. The summed E-state index contributed by atoms with van der Waals surface area (Å²) in [7, 11) is 0. The van der Waals surface area contributed by atoms with Gasteiger partial charge in [-0.05, 0) is 90.7 Å². The van der Waals surface area contributed by atoms with Crippen molar-refractivity contribution < 1.29 is 4.42 Å². The standard InChI is InChI=1S/C53H41N3O/c1-3-30-53(31-4-2)43-22-12-8-18-37(43)50-49(53)38-19-9-13-23-44(38)55(50)35-26-28-47-41(32-35)42-33-36(27-29-48(42)57-47)56-46-25-15-11-21-40(46)51-52(56)39-20-10-14-24-45(39)54(51)34-16-6-5-7-17-34/h5-29,32-33H,3-4,30-31H2,1-2H3. The number of fused-ring (bicyclic) bond motifs is 13. The third-order valence-electron chi connectivity index (χ3n) is 12.8. The largest absolute Gasteiger partial charge is 0.456 e. The summed E-state index contributed by atoms with van der Waals surface area (Å²) in [6.07, 6.45) is 4.55. The van der Waals surface area contributed by atoms with E-state index in [1.54, 1.807) is 0 Å². The molecule has 7 aromatic carbocycles. The third kappa shape index (κ3) is 4.33. The van der Waals surface area contributed by atoms with E-state index in [2.05, 4.69) is 191 Å². The normalized spacial score (nSPS) is 13.5. The maximum Gasteiger partial charge on any atom is 0.135 e. The molecule has 4 heteroatoms. The summed E-state index contributed by atoms with van der Waals surface area (Å²) in [6.45, 7) is 4.68. The van der Waals surface area contributed by atoms with Crippen LogP contribution in [0.3, 0.4) is 0 Å². The van der Waals surface area contributed by atoms with Gasteiger partial charge in [0.25, 0.3) is 0 Å². The van der Waals surface area contributed by atoms with Crippen LogP contribution in [0, 0.1) is 0 Å². The number of hydrogen-bond acceptors (Lipinski definition) is 1. The van der Waals surface area contributed by atoms with Crippen molar-refractivity contribution in [3.63, 3.8) is 0 Å². The summed E-state index contributed by atoms with van der Waals surface area (Å²) in [5.74, 6) is 0. The molecule has 11 aromatic rings. The van der Waals surface area contributed by atoms with E-state index < -0.39 is 0 Å². The SMILES string of the molecule is CCCC1(CCC)c2ccccc2-c2c1c1ccccc1n2-c1ccc2oc3ccc(-n4c5ccccc5c5c4c4ccccc4n5-c4ccccc4)cc3c2c1. The Morgan fingerprint density at radius 2 is 0.930 bits per heavy atom. The van der Waals surface area contributed by atoms with Gasteiger partial charge in [0, 0.05) is 55.0 Å². The smallest absolute Gasteiger partial charge is 0.135 e. The molecule has 0 radical (unpaired) electrons. The quantitative estimate of drug-likeness (QED) is 0.160. The molecule has 1 aliphatic carbocycles. The Labute approximate surface area is 330 Å². The van der Waals surface area contributed by atoms with E-state index >= 15 is 0 Å². The lowest BCUT2D eigenvalue weighted by Crippen LogP contribution is -2.24. The minimum atomic E-state index is -0.00384. The fraction of sp³-hybridized carbons (Fsp3) is 0.132. The van der Waals surface area contributed by atoms with Gasteiger partial charge in [0.05, 0.1) is 33.3 Å². The highest BCUT2D eigenvalue weighted by atomic mass is 16.3. The first-order chi connectivity index (χ1) is 28.2. The molecule has 4 heterocycles. The van der Waals surface area contributed by atoms with Gasteiger partial charge in [-0.15, -0.1) is 0 Å². The van der Waals surface area contributed by atoms with Crippen LogP contribution in [0.5, 0.6) is 0 Å². The van der Waals surface area contributed by atoms with Crippen molar-refractivity contribution in [3.05, 3.63) is 175 Å². The van der Waals surface area contributed by atoms with E-state index in [1.165, 1.54) is 66.1 Å². The Bertz CT molecular complexity index is 3380. The molecule has 0 saturated heterocycles. The maximum atomic E-state index is 6.62. The van der Waals surface area contributed by atoms with Crippen molar-refractivity contribution in [3.8, 4) is 28.3 Å². The molecule has 57 heavy (non-hydrogen) atoms. The van der Waals surface area contributed by atoms with Crippen LogP contribution in [0.4, 0.5) is 0 Å². The molecule has 1 aliphatic rings. The summed E-state index contributed by atoms with van der Waals surface area (Å²) in [5, 5.41) is 6.05. The van der Waals surface area contributed by atoms with Crippen LogP contribution in [0.15, 0.2) is 168 Å². The van der Waals surface area contributed by atoms with Gasteiger partial charge in [0.15, 0.2) is 0 Å². The fourth-order valence-corrected chi connectivity index (χ4v) is 10.8. The molecule has 0 bridgehead atoms.